The Morgan fingerprint density at radius 1 is 1.03 bits per heavy atom. The summed E-state index contributed by atoms with van der Waals surface area (Å²) in [4.78, 5) is 29.4. The number of fused-ring (bicyclic) bond motifs is 1. The second-order valence-electron chi connectivity index (χ2n) is 6.52. The van der Waals surface area contributed by atoms with E-state index in [2.05, 4.69) is 10.3 Å². The first-order valence-electron chi connectivity index (χ1n) is 9.13. The van der Waals surface area contributed by atoms with Gasteiger partial charge in [0.1, 0.15) is 12.3 Å². The Morgan fingerprint density at radius 3 is 2.62 bits per heavy atom. The Kier molecular flexibility index (Phi) is 5.07. The molecule has 4 rings (SSSR count). The molecule has 0 saturated heterocycles. The topological polar surface area (TPSA) is 73.2 Å². The molecule has 0 aliphatic heterocycles. The van der Waals surface area contributed by atoms with Crippen molar-refractivity contribution >= 4 is 22.4 Å². The predicted molar refractivity (Wildman–Crippen MR) is 113 cm³/mol. The zero-order valence-corrected chi connectivity index (χ0v) is 15.8. The van der Waals surface area contributed by atoms with Crippen LogP contribution in [0.4, 0.5) is 5.69 Å². The fourth-order valence-corrected chi connectivity index (χ4v) is 3.23. The summed E-state index contributed by atoms with van der Waals surface area (Å²) in [6, 6.07) is 22.2. The normalized spacial score (nSPS) is 10.7. The summed E-state index contributed by atoms with van der Waals surface area (Å²) >= 11 is 0. The van der Waals surface area contributed by atoms with E-state index in [1.807, 2.05) is 60.7 Å². The minimum absolute atomic E-state index is 0.124. The number of rotatable bonds is 5. The van der Waals surface area contributed by atoms with Crippen molar-refractivity contribution in [1.29, 1.82) is 0 Å². The van der Waals surface area contributed by atoms with Crippen molar-refractivity contribution in [2.24, 2.45) is 0 Å². The molecule has 4 aromatic rings. The van der Waals surface area contributed by atoms with Crippen LogP contribution >= 0.6 is 0 Å². The third-order valence-corrected chi connectivity index (χ3v) is 4.64. The van der Waals surface area contributed by atoms with Gasteiger partial charge in [0, 0.05) is 22.7 Å². The number of carbonyl (C=O) groups is 1. The molecular weight excluding hydrogens is 366 g/mol. The van der Waals surface area contributed by atoms with E-state index in [0.29, 0.717) is 17.1 Å². The lowest BCUT2D eigenvalue weighted by molar-refractivity contribution is -0.116. The maximum atomic E-state index is 12.5. The van der Waals surface area contributed by atoms with E-state index >= 15 is 0 Å². The van der Waals surface area contributed by atoms with Crippen LogP contribution in [0.3, 0.4) is 0 Å². The number of carbonyl (C=O) groups excluding carboxylic acids is 1. The van der Waals surface area contributed by atoms with Gasteiger partial charge < -0.3 is 10.1 Å². The molecule has 0 aliphatic carbocycles. The maximum Gasteiger partial charge on any atom is 0.254 e. The molecule has 0 spiro atoms. The van der Waals surface area contributed by atoms with Crippen molar-refractivity contribution in [1.82, 2.24) is 9.55 Å². The van der Waals surface area contributed by atoms with Gasteiger partial charge in [0.05, 0.1) is 19.1 Å². The van der Waals surface area contributed by atoms with Gasteiger partial charge in [0.25, 0.3) is 5.56 Å². The molecule has 0 aliphatic rings. The molecule has 1 amide bonds. The number of aromatic nitrogens is 2. The van der Waals surface area contributed by atoms with Crippen LogP contribution in [0, 0.1) is 0 Å². The zero-order chi connectivity index (χ0) is 20.2. The summed E-state index contributed by atoms with van der Waals surface area (Å²) in [7, 11) is 1.57. The number of methoxy groups -OCH3 is 1. The highest BCUT2D eigenvalue weighted by Gasteiger charge is 2.11. The quantitative estimate of drug-likeness (QED) is 0.568. The summed E-state index contributed by atoms with van der Waals surface area (Å²) in [6.45, 7) is -0.124. The molecule has 0 saturated carbocycles. The van der Waals surface area contributed by atoms with Gasteiger partial charge in [0.2, 0.25) is 5.91 Å². The van der Waals surface area contributed by atoms with Gasteiger partial charge >= 0.3 is 0 Å². The smallest absolute Gasteiger partial charge is 0.254 e. The summed E-state index contributed by atoms with van der Waals surface area (Å²) in [5, 5.41) is 4.86. The molecule has 1 N–H and O–H groups in total. The van der Waals surface area contributed by atoms with Crippen LogP contribution in [0.5, 0.6) is 5.75 Å². The summed E-state index contributed by atoms with van der Waals surface area (Å²) in [6.07, 6.45) is 1.38. The second kappa shape index (κ2) is 7.98. The largest absolute Gasteiger partial charge is 0.496 e. The molecule has 1 aromatic heterocycles. The Labute approximate surface area is 167 Å². The Bertz CT molecular complexity index is 1240. The van der Waals surface area contributed by atoms with Gasteiger partial charge in [-0.2, -0.15) is 0 Å². The maximum absolute atomic E-state index is 12.5. The van der Waals surface area contributed by atoms with Gasteiger partial charge in [-0.05, 0) is 23.6 Å². The van der Waals surface area contributed by atoms with E-state index in [4.69, 9.17) is 4.74 Å². The van der Waals surface area contributed by atoms with Crippen LogP contribution in [-0.4, -0.2) is 22.6 Å². The molecule has 6 heteroatoms. The van der Waals surface area contributed by atoms with Crippen molar-refractivity contribution in [2.75, 3.05) is 12.4 Å². The molecule has 0 bridgehead atoms. The third-order valence-electron chi connectivity index (χ3n) is 4.64. The average Bonchev–Trinajstić information content (AvgIpc) is 2.75. The second-order valence-corrected chi connectivity index (χ2v) is 6.52. The molecule has 3 aromatic carbocycles. The molecule has 6 nitrogen and oxygen atoms in total. The first-order chi connectivity index (χ1) is 14.2. The molecular formula is C23H19N3O3. The lowest BCUT2D eigenvalue weighted by atomic mass is 10.1. The van der Waals surface area contributed by atoms with E-state index in [0.717, 1.165) is 16.3 Å². The number of benzene rings is 3. The zero-order valence-electron chi connectivity index (χ0n) is 15.8. The highest BCUT2D eigenvalue weighted by Crippen LogP contribution is 2.27. The van der Waals surface area contributed by atoms with Gasteiger partial charge in [-0.1, -0.05) is 48.5 Å². The number of ether oxygens (including phenoxy) is 1. The van der Waals surface area contributed by atoms with Gasteiger partial charge in [-0.15, -0.1) is 0 Å². The lowest BCUT2D eigenvalue weighted by Gasteiger charge is -2.11. The molecule has 29 heavy (non-hydrogen) atoms. The molecule has 0 radical (unpaired) electrons. The van der Waals surface area contributed by atoms with E-state index < -0.39 is 0 Å². The summed E-state index contributed by atoms with van der Waals surface area (Å²) in [5.41, 5.74) is 1.62. The van der Waals surface area contributed by atoms with Crippen LogP contribution in [0.15, 0.2) is 83.9 Å². The number of nitrogens with zero attached hydrogens (tertiary/aromatic N) is 2. The number of hydrogen-bond acceptors (Lipinski definition) is 4. The van der Waals surface area contributed by atoms with E-state index in [9.17, 15) is 9.59 Å². The molecule has 1 heterocycles. The summed E-state index contributed by atoms with van der Waals surface area (Å²) in [5.74, 6) is 0.334. The average molecular weight is 385 g/mol. The lowest BCUT2D eigenvalue weighted by Crippen LogP contribution is -2.27. The van der Waals surface area contributed by atoms with Crippen molar-refractivity contribution in [2.45, 2.75) is 6.54 Å². The summed E-state index contributed by atoms with van der Waals surface area (Å²) < 4.78 is 6.60. The first kappa shape index (κ1) is 18.4. The van der Waals surface area contributed by atoms with Crippen LogP contribution in [0.25, 0.3) is 22.0 Å². The molecule has 0 fully saturated rings. The predicted octanol–water partition coefficient (Wildman–Crippen LogP) is 3.71. The van der Waals surface area contributed by atoms with Gasteiger partial charge in [0.15, 0.2) is 0 Å². The van der Waals surface area contributed by atoms with Crippen LogP contribution < -0.4 is 15.6 Å². The van der Waals surface area contributed by atoms with Crippen LogP contribution in [-0.2, 0) is 11.3 Å². The fraction of sp³-hybridized carbons (Fsp3) is 0.0870. The van der Waals surface area contributed by atoms with E-state index in [1.165, 1.54) is 17.0 Å². The number of anilines is 1. The van der Waals surface area contributed by atoms with E-state index in [-0.39, 0.29) is 18.0 Å². The number of para-hydroxylation sites is 1. The fourth-order valence-electron chi connectivity index (χ4n) is 3.23. The SMILES string of the molecule is COc1ccccc1-c1cc(=O)n(CC(=O)Nc2cccc3ccccc23)cn1. The first-order valence-corrected chi connectivity index (χ1v) is 9.13. The van der Waals surface area contributed by atoms with Crippen molar-refractivity contribution in [3.05, 3.63) is 89.5 Å². The number of amides is 1. The van der Waals surface area contributed by atoms with Crippen molar-refractivity contribution in [3.8, 4) is 17.0 Å². The highest BCUT2D eigenvalue weighted by atomic mass is 16.5. The molecule has 144 valence electrons. The number of hydrogen-bond donors (Lipinski definition) is 1. The standard InChI is InChI=1S/C23H19N3O3/c1-29-21-12-5-4-10-18(21)20-13-23(28)26(15-24-20)14-22(27)25-19-11-6-8-16-7-2-3-9-17(16)19/h2-13,15H,14H2,1H3,(H,25,27). The highest BCUT2D eigenvalue weighted by molar-refractivity contribution is 6.02. The Balaban J connectivity index is 1.55. The van der Waals surface area contributed by atoms with Gasteiger partial charge in [-0.3, -0.25) is 14.2 Å². The van der Waals surface area contributed by atoms with Crippen LogP contribution in [0.2, 0.25) is 0 Å². The van der Waals surface area contributed by atoms with E-state index in [1.54, 1.807) is 13.2 Å². The Morgan fingerprint density at radius 2 is 1.79 bits per heavy atom. The number of nitrogens with one attached hydrogen (secondary N) is 1. The van der Waals surface area contributed by atoms with Gasteiger partial charge in [-0.25, -0.2) is 4.98 Å². The van der Waals surface area contributed by atoms with Crippen LogP contribution in [0.1, 0.15) is 0 Å². The Hall–Kier alpha value is -3.93. The monoisotopic (exact) mass is 385 g/mol. The minimum atomic E-state index is -0.311. The minimum Gasteiger partial charge on any atom is -0.496 e. The van der Waals surface area contributed by atoms with Crippen molar-refractivity contribution in [3.63, 3.8) is 0 Å². The molecule has 0 atom stereocenters. The third kappa shape index (κ3) is 3.87. The molecule has 0 unspecified atom stereocenters. The van der Waals surface area contributed by atoms with Crippen molar-refractivity contribution < 1.29 is 9.53 Å².